The Morgan fingerprint density at radius 1 is 1.19 bits per heavy atom. The zero-order chi connectivity index (χ0) is 29.2. The summed E-state index contributed by atoms with van der Waals surface area (Å²) in [6.07, 6.45) is 5.57. The van der Waals surface area contributed by atoms with Crippen LogP contribution in [-0.4, -0.2) is 55.2 Å². The van der Waals surface area contributed by atoms with Crippen molar-refractivity contribution in [1.29, 1.82) is 5.41 Å². The molecule has 0 radical (unpaired) electrons. The normalized spacial score (nSPS) is 18.6. The second kappa shape index (κ2) is 11.6. The lowest BCUT2D eigenvalue weighted by atomic mass is 9.85. The number of aromatic nitrogens is 4. The van der Waals surface area contributed by atoms with E-state index in [4.69, 9.17) is 15.9 Å². The van der Waals surface area contributed by atoms with E-state index in [1.807, 2.05) is 36.4 Å². The fourth-order valence-electron chi connectivity index (χ4n) is 5.79. The number of aliphatic hydroxyl groups is 1. The van der Waals surface area contributed by atoms with Crippen molar-refractivity contribution >= 4 is 23.9 Å². The third kappa shape index (κ3) is 5.17. The second-order valence-electron chi connectivity index (χ2n) is 10.5. The number of aliphatic imine (C=N–C) groups is 1. The Morgan fingerprint density at radius 2 is 1.98 bits per heavy atom. The van der Waals surface area contributed by atoms with E-state index >= 15 is 0 Å². The van der Waals surface area contributed by atoms with Crippen LogP contribution >= 0.6 is 0 Å². The minimum Gasteiger partial charge on any atom is -0.393 e. The van der Waals surface area contributed by atoms with Crippen molar-refractivity contribution in [3.63, 3.8) is 0 Å². The van der Waals surface area contributed by atoms with E-state index in [1.54, 1.807) is 23.0 Å². The molecule has 12 heteroatoms. The number of anilines is 1. The topological polar surface area (TPSA) is 176 Å². The monoisotopic (exact) mass is 568 g/mol. The number of aromatic amines is 1. The van der Waals surface area contributed by atoms with Gasteiger partial charge in [-0.15, -0.1) is 0 Å². The molecule has 1 aromatic carbocycles. The van der Waals surface area contributed by atoms with Crippen LogP contribution in [0.25, 0.3) is 16.8 Å². The van der Waals surface area contributed by atoms with Gasteiger partial charge in [0.05, 0.1) is 49.3 Å². The average molecular weight is 569 g/mol. The van der Waals surface area contributed by atoms with E-state index < -0.39 is 11.5 Å². The highest BCUT2D eigenvalue weighted by atomic mass is 16.5. The van der Waals surface area contributed by atoms with Crippen LogP contribution in [0.4, 0.5) is 5.82 Å². The molecule has 0 unspecified atom stereocenters. The van der Waals surface area contributed by atoms with Gasteiger partial charge in [-0.05, 0) is 61.9 Å². The first-order valence-electron chi connectivity index (χ1n) is 13.9. The maximum Gasteiger partial charge on any atom is 0.284 e. The summed E-state index contributed by atoms with van der Waals surface area (Å²) in [5.74, 6) is -0.0613. The SMILES string of the molecule is N=C(N=CN)c1[nH]c(C2CCC(O)CC2)cc1-c1ccc(NC(=O)c2c3n(n(-c4ccccc4)c2=O)CCOC3)nc1. The Hall–Kier alpha value is -4.81. The first-order chi connectivity index (χ1) is 20.4. The van der Waals surface area contributed by atoms with E-state index in [0.717, 1.165) is 48.8 Å². The molecular weight excluding hydrogens is 536 g/mol. The van der Waals surface area contributed by atoms with Gasteiger partial charge in [0.1, 0.15) is 11.4 Å². The molecule has 1 aliphatic heterocycles. The van der Waals surface area contributed by atoms with Gasteiger partial charge >= 0.3 is 0 Å². The lowest BCUT2D eigenvalue weighted by molar-refractivity contribution is 0.0756. The smallest absolute Gasteiger partial charge is 0.284 e. The lowest BCUT2D eigenvalue weighted by Crippen LogP contribution is -2.26. The van der Waals surface area contributed by atoms with E-state index in [1.165, 1.54) is 4.68 Å². The number of hydrogen-bond donors (Lipinski definition) is 5. The van der Waals surface area contributed by atoms with Crippen LogP contribution in [0, 0.1) is 5.41 Å². The molecule has 0 bridgehead atoms. The molecule has 0 saturated heterocycles. The molecule has 1 fully saturated rings. The number of hydrogen-bond acceptors (Lipinski definition) is 6. The van der Waals surface area contributed by atoms with E-state index in [2.05, 4.69) is 20.3 Å². The van der Waals surface area contributed by atoms with E-state index in [-0.39, 0.29) is 35.8 Å². The average Bonchev–Trinajstić information content (AvgIpc) is 3.58. The van der Waals surface area contributed by atoms with Crippen molar-refractivity contribution in [2.75, 3.05) is 11.9 Å². The fraction of sp³-hybridized carbons (Fsp3) is 0.300. The van der Waals surface area contributed by atoms with Gasteiger partial charge in [-0.1, -0.05) is 18.2 Å². The summed E-state index contributed by atoms with van der Waals surface area (Å²) in [7, 11) is 0. The van der Waals surface area contributed by atoms with Gasteiger partial charge in [-0.25, -0.2) is 14.7 Å². The molecule has 3 aromatic heterocycles. The van der Waals surface area contributed by atoms with Gasteiger partial charge in [-0.2, -0.15) is 0 Å². The number of amidine groups is 1. The van der Waals surface area contributed by atoms with Crippen LogP contribution in [-0.2, 0) is 17.9 Å². The third-order valence-electron chi connectivity index (χ3n) is 7.89. The van der Waals surface area contributed by atoms with Crippen molar-refractivity contribution in [3.05, 3.63) is 87.7 Å². The van der Waals surface area contributed by atoms with Crippen LogP contribution in [0.2, 0.25) is 0 Å². The molecule has 1 saturated carbocycles. The molecule has 6 rings (SSSR count). The number of nitrogens with one attached hydrogen (secondary N) is 3. The molecular formula is C30H32N8O4. The predicted molar refractivity (Wildman–Crippen MR) is 158 cm³/mol. The first-order valence-corrected chi connectivity index (χ1v) is 13.9. The number of nitrogens with zero attached hydrogens (tertiary/aromatic N) is 4. The number of fused-ring (bicyclic) bond motifs is 1. The standard InChI is InChI=1S/C30H32N8O4/c31-17-34-28(32)27-22(14-23(35-27)18-6-9-21(39)10-7-18)19-8-11-25(33-15-19)36-29(40)26-24-16-42-13-12-37(24)38(30(26)41)20-4-2-1-3-5-20/h1-5,8,11,14-15,17-18,21,35,39H,6-7,9-10,12-13,16H2,(H3,31,32,34)(H,33,36,40). The van der Waals surface area contributed by atoms with Crippen LogP contribution in [0.15, 0.2) is 64.5 Å². The Labute approximate surface area is 241 Å². The summed E-state index contributed by atoms with van der Waals surface area (Å²) in [6.45, 7) is 1.04. The highest BCUT2D eigenvalue weighted by Crippen LogP contribution is 2.36. The first kappa shape index (κ1) is 27.4. The number of ether oxygens (including phenoxy) is 1. The largest absolute Gasteiger partial charge is 0.393 e. The fourth-order valence-corrected chi connectivity index (χ4v) is 5.79. The summed E-state index contributed by atoms with van der Waals surface area (Å²) in [6, 6.07) is 14.6. The van der Waals surface area contributed by atoms with Gasteiger partial charge in [0.15, 0.2) is 5.84 Å². The van der Waals surface area contributed by atoms with Crippen molar-refractivity contribution < 1.29 is 14.6 Å². The number of nitrogens with two attached hydrogens (primary N) is 1. The third-order valence-corrected chi connectivity index (χ3v) is 7.89. The minimum absolute atomic E-state index is 0.0117. The van der Waals surface area contributed by atoms with Crippen molar-refractivity contribution in [3.8, 4) is 16.8 Å². The van der Waals surface area contributed by atoms with Crippen LogP contribution in [0.3, 0.4) is 0 Å². The van der Waals surface area contributed by atoms with Gasteiger partial charge in [0.25, 0.3) is 11.5 Å². The van der Waals surface area contributed by atoms with Crippen LogP contribution in [0.5, 0.6) is 0 Å². The van der Waals surface area contributed by atoms with Gasteiger partial charge in [0, 0.05) is 23.0 Å². The van der Waals surface area contributed by atoms with Crippen molar-refractivity contribution in [1.82, 2.24) is 19.3 Å². The van der Waals surface area contributed by atoms with Crippen molar-refractivity contribution in [2.24, 2.45) is 10.7 Å². The maximum atomic E-state index is 13.5. The number of aliphatic hydroxyl groups excluding tert-OH is 1. The maximum absolute atomic E-state index is 13.5. The number of H-pyrrole nitrogens is 1. The molecule has 6 N–H and O–H groups in total. The summed E-state index contributed by atoms with van der Waals surface area (Å²) < 4.78 is 8.89. The Balaban J connectivity index is 1.28. The molecule has 12 nitrogen and oxygen atoms in total. The molecule has 4 aromatic rings. The molecule has 216 valence electrons. The predicted octanol–water partition coefficient (Wildman–Crippen LogP) is 3.14. The summed E-state index contributed by atoms with van der Waals surface area (Å²) in [5.41, 5.74) is 9.19. The molecule has 2 aliphatic rings. The number of amides is 1. The molecule has 4 heterocycles. The van der Waals surface area contributed by atoms with E-state index in [0.29, 0.717) is 30.2 Å². The Kier molecular flexibility index (Phi) is 7.55. The highest BCUT2D eigenvalue weighted by molar-refractivity contribution is 6.05. The molecule has 1 amide bonds. The van der Waals surface area contributed by atoms with Gasteiger partial charge < -0.3 is 25.9 Å². The molecule has 0 spiro atoms. The minimum atomic E-state index is -0.563. The molecule has 1 aliphatic carbocycles. The van der Waals surface area contributed by atoms with Crippen molar-refractivity contribution in [2.45, 2.75) is 50.9 Å². The zero-order valence-corrected chi connectivity index (χ0v) is 22.9. The number of pyridine rings is 1. The number of benzene rings is 1. The zero-order valence-electron chi connectivity index (χ0n) is 22.9. The van der Waals surface area contributed by atoms with Gasteiger partial charge in [-0.3, -0.25) is 19.7 Å². The number of carbonyl (C=O) groups excluding carboxylic acids is 1. The quantitative estimate of drug-likeness (QED) is 0.176. The number of para-hydroxylation sites is 1. The number of carbonyl (C=O) groups is 1. The Morgan fingerprint density at radius 3 is 2.69 bits per heavy atom. The van der Waals surface area contributed by atoms with Gasteiger partial charge in [0.2, 0.25) is 0 Å². The summed E-state index contributed by atoms with van der Waals surface area (Å²) >= 11 is 0. The summed E-state index contributed by atoms with van der Waals surface area (Å²) in [5, 5.41) is 21.1. The Bertz CT molecular complexity index is 1690. The summed E-state index contributed by atoms with van der Waals surface area (Å²) in [4.78, 5) is 38.6. The highest BCUT2D eigenvalue weighted by Gasteiger charge is 2.29. The molecule has 42 heavy (non-hydrogen) atoms. The second-order valence-corrected chi connectivity index (χ2v) is 10.5. The van der Waals surface area contributed by atoms with Crippen LogP contribution in [0.1, 0.15) is 59.0 Å². The van der Waals surface area contributed by atoms with Crippen LogP contribution < -0.4 is 16.6 Å². The van der Waals surface area contributed by atoms with E-state index in [9.17, 15) is 14.7 Å². The lowest BCUT2D eigenvalue weighted by Gasteiger charge is -2.24. The number of rotatable bonds is 6. The molecule has 0 atom stereocenters.